The van der Waals surface area contributed by atoms with Gasteiger partial charge in [-0.15, -0.1) is 11.8 Å². The number of ether oxygens (including phenoxy) is 1. The van der Waals surface area contributed by atoms with Crippen molar-refractivity contribution in [3.8, 4) is 5.75 Å². The Balaban J connectivity index is 1.69. The molecule has 92 valence electrons. The zero-order valence-electron chi connectivity index (χ0n) is 10.2. The Morgan fingerprint density at radius 1 is 1.41 bits per heavy atom. The minimum atomic E-state index is 0.320. The molecule has 0 spiro atoms. The van der Waals surface area contributed by atoms with Gasteiger partial charge in [0.15, 0.2) is 0 Å². The van der Waals surface area contributed by atoms with Crippen LogP contribution in [0.3, 0.4) is 0 Å². The molecule has 1 aromatic carbocycles. The molecule has 0 amide bonds. The average molecular weight is 249 g/mol. The van der Waals surface area contributed by atoms with Gasteiger partial charge in [0.05, 0.1) is 0 Å². The highest BCUT2D eigenvalue weighted by molar-refractivity contribution is 7.99. The summed E-state index contributed by atoms with van der Waals surface area (Å²) in [5.41, 5.74) is 0. The second-order valence-corrected chi connectivity index (χ2v) is 6.05. The fourth-order valence-corrected chi connectivity index (χ4v) is 3.48. The van der Waals surface area contributed by atoms with Gasteiger partial charge in [-0.2, -0.15) is 0 Å². The first kappa shape index (κ1) is 11.4. The first-order chi connectivity index (χ1) is 8.36. The van der Waals surface area contributed by atoms with Crippen LogP contribution in [-0.4, -0.2) is 24.9 Å². The van der Waals surface area contributed by atoms with Crippen LogP contribution >= 0.6 is 11.8 Å². The van der Waals surface area contributed by atoms with E-state index in [2.05, 4.69) is 36.6 Å². The highest BCUT2D eigenvalue weighted by Crippen LogP contribution is 2.39. The molecule has 1 saturated carbocycles. The SMILES string of the molecule is CNC(CC1CC1)C1CSc2ccccc2O1. The van der Waals surface area contributed by atoms with Gasteiger partial charge in [-0.05, 0) is 31.5 Å². The molecule has 1 aliphatic heterocycles. The van der Waals surface area contributed by atoms with Gasteiger partial charge in [0.25, 0.3) is 0 Å². The van der Waals surface area contributed by atoms with Crippen LogP contribution in [0.2, 0.25) is 0 Å². The molecule has 0 radical (unpaired) electrons. The van der Waals surface area contributed by atoms with Crippen LogP contribution in [0.4, 0.5) is 0 Å². The normalized spacial score (nSPS) is 24.9. The summed E-state index contributed by atoms with van der Waals surface area (Å²) < 4.78 is 6.13. The summed E-state index contributed by atoms with van der Waals surface area (Å²) in [4.78, 5) is 1.28. The first-order valence-corrected chi connectivity index (χ1v) is 7.41. The van der Waals surface area contributed by atoms with Crippen molar-refractivity contribution in [2.45, 2.75) is 36.3 Å². The van der Waals surface area contributed by atoms with Crippen LogP contribution < -0.4 is 10.1 Å². The number of para-hydroxylation sites is 1. The summed E-state index contributed by atoms with van der Waals surface area (Å²) >= 11 is 1.92. The van der Waals surface area contributed by atoms with E-state index in [1.807, 2.05) is 11.8 Å². The predicted molar refractivity (Wildman–Crippen MR) is 71.8 cm³/mol. The number of thioether (sulfide) groups is 1. The molecule has 1 aliphatic carbocycles. The van der Waals surface area contributed by atoms with Crippen molar-refractivity contribution in [3.05, 3.63) is 24.3 Å². The molecule has 2 nitrogen and oxygen atoms in total. The Hall–Kier alpha value is -0.670. The van der Waals surface area contributed by atoms with E-state index in [0.29, 0.717) is 12.1 Å². The Labute approximate surface area is 107 Å². The van der Waals surface area contributed by atoms with E-state index < -0.39 is 0 Å². The van der Waals surface area contributed by atoms with Crippen molar-refractivity contribution >= 4 is 11.8 Å². The lowest BCUT2D eigenvalue weighted by Gasteiger charge is -2.31. The Kier molecular flexibility index (Phi) is 3.30. The standard InChI is InChI=1S/C14H19NOS/c1-15-11(8-10-6-7-10)13-9-17-14-5-3-2-4-12(14)16-13/h2-5,10-11,13,15H,6-9H2,1H3. The van der Waals surface area contributed by atoms with Crippen molar-refractivity contribution < 1.29 is 4.74 Å². The van der Waals surface area contributed by atoms with E-state index >= 15 is 0 Å². The maximum atomic E-state index is 6.13. The highest BCUT2D eigenvalue weighted by atomic mass is 32.2. The second-order valence-electron chi connectivity index (χ2n) is 4.99. The van der Waals surface area contributed by atoms with Crippen LogP contribution in [0.1, 0.15) is 19.3 Å². The maximum absolute atomic E-state index is 6.13. The number of likely N-dealkylation sites (N-methyl/N-ethyl adjacent to an activating group) is 1. The zero-order valence-corrected chi connectivity index (χ0v) is 11.0. The smallest absolute Gasteiger partial charge is 0.133 e. The van der Waals surface area contributed by atoms with Crippen LogP contribution in [0.25, 0.3) is 0 Å². The highest BCUT2D eigenvalue weighted by Gasteiger charge is 2.32. The van der Waals surface area contributed by atoms with E-state index in [9.17, 15) is 0 Å². The predicted octanol–water partition coefficient (Wildman–Crippen LogP) is 2.93. The lowest BCUT2D eigenvalue weighted by Crippen LogP contribution is -2.44. The molecule has 0 bridgehead atoms. The van der Waals surface area contributed by atoms with Crippen molar-refractivity contribution in [1.82, 2.24) is 5.32 Å². The van der Waals surface area contributed by atoms with E-state index in [-0.39, 0.29) is 0 Å². The Bertz CT molecular complexity index is 392. The molecule has 1 aromatic rings. The average Bonchev–Trinajstić information content (AvgIpc) is 3.19. The molecule has 2 aliphatic rings. The van der Waals surface area contributed by atoms with Crippen molar-refractivity contribution in [3.63, 3.8) is 0 Å². The van der Waals surface area contributed by atoms with Crippen LogP contribution in [0.5, 0.6) is 5.75 Å². The van der Waals surface area contributed by atoms with Gasteiger partial charge in [0.2, 0.25) is 0 Å². The van der Waals surface area contributed by atoms with Crippen molar-refractivity contribution in [2.75, 3.05) is 12.8 Å². The third-order valence-corrected chi connectivity index (χ3v) is 4.78. The number of rotatable bonds is 4. The summed E-state index contributed by atoms with van der Waals surface area (Å²) in [5.74, 6) is 3.07. The summed E-state index contributed by atoms with van der Waals surface area (Å²) in [6.45, 7) is 0. The fourth-order valence-electron chi connectivity index (χ4n) is 2.40. The third-order valence-electron chi connectivity index (χ3n) is 3.63. The van der Waals surface area contributed by atoms with E-state index in [1.54, 1.807) is 0 Å². The molecule has 2 atom stereocenters. The number of hydrogen-bond donors (Lipinski definition) is 1. The van der Waals surface area contributed by atoms with Gasteiger partial charge in [-0.25, -0.2) is 0 Å². The molecule has 0 saturated heterocycles. The lowest BCUT2D eigenvalue weighted by atomic mass is 10.1. The number of hydrogen-bond acceptors (Lipinski definition) is 3. The topological polar surface area (TPSA) is 21.3 Å². The number of benzene rings is 1. The van der Waals surface area contributed by atoms with Gasteiger partial charge < -0.3 is 10.1 Å². The lowest BCUT2D eigenvalue weighted by molar-refractivity contribution is 0.162. The van der Waals surface area contributed by atoms with Gasteiger partial charge in [-0.3, -0.25) is 0 Å². The maximum Gasteiger partial charge on any atom is 0.133 e. The third kappa shape index (κ3) is 2.61. The van der Waals surface area contributed by atoms with Crippen LogP contribution in [-0.2, 0) is 0 Å². The summed E-state index contributed by atoms with van der Waals surface area (Å²) in [6, 6.07) is 8.86. The molecule has 1 fully saturated rings. The van der Waals surface area contributed by atoms with Crippen LogP contribution in [0, 0.1) is 5.92 Å². The number of fused-ring (bicyclic) bond motifs is 1. The summed E-state index contributed by atoms with van der Waals surface area (Å²) in [7, 11) is 2.06. The minimum Gasteiger partial charge on any atom is -0.487 e. The van der Waals surface area contributed by atoms with E-state index in [4.69, 9.17) is 4.74 Å². The minimum absolute atomic E-state index is 0.320. The van der Waals surface area contributed by atoms with Crippen LogP contribution in [0.15, 0.2) is 29.2 Å². The quantitative estimate of drug-likeness (QED) is 0.886. The summed E-state index contributed by atoms with van der Waals surface area (Å²) in [5, 5.41) is 3.44. The molecule has 3 rings (SSSR count). The number of nitrogens with one attached hydrogen (secondary N) is 1. The monoisotopic (exact) mass is 249 g/mol. The first-order valence-electron chi connectivity index (χ1n) is 6.42. The largest absolute Gasteiger partial charge is 0.487 e. The molecular formula is C14H19NOS. The van der Waals surface area contributed by atoms with Gasteiger partial charge >= 0.3 is 0 Å². The van der Waals surface area contributed by atoms with Gasteiger partial charge in [-0.1, -0.05) is 25.0 Å². The second kappa shape index (κ2) is 4.91. The molecule has 1 N–H and O–H groups in total. The van der Waals surface area contributed by atoms with Gasteiger partial charge in [0.1, 0.15) is 11.9 Å². The summed E-state index contributed by atoms with van der Waals surface area (Å²) in [6.07, 6.45) is 4.41. The van der Waals surface area contributed by atoms with Gasteiger partial charge in [0, 0.05) is 16.7 Å². The molecule has 1 heterocycles. The van der Waals surface area contributed by atoms with Crippen molar-refractivity contribution in [2.24, 2.45) is 5.92 Å². The molecular weight excluding hydrogens is 230 g/mol. The molecule has 17 heavy (non-hydrogen) atoms. The fraction of sp³-hybridized carbons (Fsp3) is 0.571. The van der Waals surface area contributed by atoms with Crippen molar-refractivity contribution in [1.29, 1.82) is 0 Å². The zero-order chi connectivity index (χ0) is 11.7. The Morgan fingerprint density at radius 3 is 3.00 bits per heavy atom. The molecule has 0 aromatic heterocycles. The Morgan fingerprint density at radius 2 is 2.24 bits per heavy atom. The van der Waals surface area contributed by atoms with E-state index in [0.717, 1.165) is 17.4 Å². The molecule has 3 heteroatoms. The molecule has 2 unspecified atom stereocenters. The van der Waals surface area contributed by atoms with E-state index in [1.165, 1.54) is 24.2 Å².